The molecular weight excluding hydrogens is 457 g/mol. The molecule has 5 nitrogen and oxygen atoms in total. The summed E-state index contributed by atoms with van der Waals surface area (Å²) in [7, 11) is 0. The maximum atomic E-state index is 13.3. The Hall–Kier alpha value is -2.84. The summed E-state index contributed by atoms with van der Waals surface area (Å²) in [6.45, 7) is 1.73. The summed E-state index contributed by atoms with van der Waals surface area (Å²) >= 11 is 4.78. The van der Waals surface area contributed by atoms with E-state index in [9.17, 15) is 14.0 Å². The second-order valence-corrected chi connectivity index (χ2v) is 8.48. The molecule has 2 aromatic heterocycles. The van der Waals surface area contributed by atoms with Crippen molar-refractivity contribution >= 4 is 49.1 Å². The van der Waals surface area contributed by atoms with Crippen molar-refractivity contribution in [1.82, 2.24) is 9.55 Å². The van der Waals surface area contributed by atoms with E-state index in [0.717, 1.165) is 20.5 Å². The molecule has 4 rings (SSSR count). The van der Waals surface area contributed by atoms with E-state index in [0.29, 0.717) is 15.9 Å². The molecule has 146 valence electrons. The molecule has 0 fully saturated rings. The Morgan fingerprint density at radius 3 is 2.66 bits per heavy atom. The van der Waals surface area contributed by atoms with Gasteiger partial charge in [0.1, 0.15) is 17.2 Å². The van der Waals surface area contributed by atoms with Crippen molar-refractivity contribution in [2.24, 2.45) is 0 Å². The van der Waals surface area contributed by atoms with Crippen LogP contribution in [-0.2, 0) is 11.3 Å². The molecular formula is C21H15BrFN3O2S. The number of carbonyl (C=O) groups is 1. The summed E-state index contributed by atoms with van der Waals surface area (Å²) in [5, 5.41) is 3.22. The number of para-hydroxylation sites is 1. The molecule has 2 heterocycles. The van der Waals surface area contributed by atoms with Crippen molar-refractivity contribution in [3.8, 4) is 11.1 Å². The van der Waals surface area contributed by atoms with Gasteiger partial charge in [-0.3, -0.25) is 14.2 Å². The van der Waals surface area contributed by atoms with Crippen LogP contribution in [-0.4, -0.2) is 15.5 Å². The fraction of sp³-hybridized carbons (Fsp3) is 0.0952. The summed E-state index contributed by atoms with van der Waals surface area (Å²) < 4.78 is 15.4. The maximum absolute atomic E-state index is 13.3. The van der Waals surface area contributed by atoms with Gasteiger partial charge >= 0.3 is 0 Å². The zero-order chi connectivity index (χ0) is 20.5. The first-order chi connectivity index (χ1) is 13.9. The highest BCUT2D eigenvalue weighted by molar-refractivity contribution is 9.10. The first-order valence-corrected chi connectivity index (χ1v) is 10.3. The Labute approximate surface area is 178 Å². The van der Waals surface area contributed by atoms with Gasteiger partial charge in [0.05, 0.1) is 17.4 Å². The predicted octanol–water partition coefficient (Wildman–Crippen LogP) is 4.97. The third-order valence-corrected chi connectivity index (χ3v) is 6.15. The molecule has 0 aliphatic carbocycles. The van der Waals surface area contributed by atoms with Crippen LogP contribution in [0.3, 0.4) is 0 Å². The van der Waals surface area contributed by atoms with E-state index in [1.165, 1.54) is 34.4 Å². The van der Waals surface area contributed by atoms with Crippen molar-refractivity contribution in [2.75, 3.05) is 5.32 Å². The fourth-order valence-corrected chi connectivity index (χ4v) is 4.51. The van der Waals surface area contributed by atoms with Crippen LogP contribution in [0.25, 0.3) is 21.3 Å². The van der Waals surface area contributed by atoms with Crippen molar-refractivity contribution in [1.29, 1.82) is 0 Å². The number of nitrogens with zero attached hydrogens (tertiary/aromatic N) is 2. The number of anilines is 1. The Morgan fingerprint density at radius 1 is 1.21 bits per heavy atom. The van der Waals surface area contributed by atoms with Crippen LogP contribution in [0.15, 0.2) is 64.1 Å². The van der Waals surface area contributed by atoms with Gasteiger partial charge in [-0.05, 0) is 52.7 Å². The SMILES string of the molecule is Cc1sc2ncn(CC(=O)Nc3ccccc3Br)c(=O)c2c1-c1ccc(F)cc1. The summed E-state index contributed by atoms with van der Waals surface area (Å²) in [5.41, 5.74) is 1.78. The zero-order valence-electron chi connectivity index (χ0n) is 15.3. The summed E-state index contributed by atoms with van der Waals surface area (Å²) in [6.07, 6.45) is 1.38. The number of carbonyl (C=O) groups excluding carboxylic acids is 1. The van der Waals surface area contributed by atoms with Crippen LogP contribution in [0, 0.1) is 12.7 Å². The monoisotopic (exact) mass is 471 g/mol. The third kappa shape index (κ3) is 3.86. The molecule has 4 aromatic rings. The van der Waals surface area contributed by atoms with Crippen LogP contribution >= 0.6 is 27.3 Å². The second kappa shape index (κ2) is 7.88. The first-order valence-electron chi connectivity index (χ1n) is 8.73. The number of hydrogen-bond donors (Lipinski definition) is 1. The van der Waals surface area contributed by atoms with Gasteiger partial charge < -0.3 is 5.32 Å². The molecule has 0 saturated carbocycles. The molecule has 0 aliphatic heterocycles. The Morgan fingerprint density at radius 2 is 1.93 bits per heavy atom. The number of amides is 1. The molecule has 1 N–H and O–H groups in total. The number of benzene rings is 2. The van der Waals surface area contributed by atoms with Gasteiger partial charge in [-0.1, -0.05) is 24.3 Å². The van der Waals surface area contributed by atoms with Crippen LogP contribution in [0.2, 0.25) is 0 Å². The molecule has 29 heavy (non-hydrogen) atoms. The van der Waals surface area contributed by atoms with Crippen molar-refractivity contribution in [3.05, 3.63) is 80.4 Å². The van der Waals surface area contributed by atoms with Gasteiger partial charge in [0.15, 0.2) is 0 Å². The highest BCUT2D eigenvalue weighted by atomic mass is 79.9. The van der Waals surface area contributed by atoms with Crippen LogP contribution in [0.4, 0.5) is 10.1 Å². The molecule has 1 amide bonds. The van der Waals surface area contributed by atoms with Crippen LogP contribution < -0.4 is 10.9 Å². The van der Waals surface area contributed by atoms with E-state index >= 15 is 0 Å². The first kappa shape index (κ1) is 19.5. The minimum absolute atomic E-state index is 0.166. The topological polar surface area (TPSA) is 64.0 Å². The lowest BCUT2D eigenvalue weighted by molar-refractivity contribution is -0.116. The number of aryl methyl sites for hydroxylation is 1. The molecule has 0 unspecified atom stereocenters. The Kier molecular flexibility index (Phi) is 5.29. The lowest BCUT2D eigenvalue weighted by Gasteiger charge is -2.09. The lowest BCUT2D eigenvalue weighted by atomic mass is 10.0. The summed E-state index contributed by atoms with van der Waals surface area (Å²) in [6, 6.07) is 13.2. The molecule has 0 aliphatic rings. The number of hydrogen-bond acceptors (Lipinski definition) is 4. The van der Waals surface area contributed by atoms with E-state index in [1.54, 1.807) is 18.2 Å². The Balaban J connectivity index is 1.71. The molecule has 0 saturated heterocycles. The highest BCUT2D eigenvalue weighted by Crippen LogP contribution is 2.35. The van der Waals surface area contributed by atoms with Crippen LogP contribution in [0.1, 0.15) is 4.88 Å². The molecule has 0 radical (unpaired) electrons. The maximum Gasteiger partial charge on any atom is 0.263 e. The average molecular weight is 472 g/mol. The zero-order valence-corrected chi connectivity index (χ0v) is 17.7. The number of fused-ring (bicyclic) bond motifs is 1. The molecule has 0 atom stereocenters. The van der Waals surface area contributed by atoms with E-state index in [-0.39, 0.29) is 23.8 Å². The number of rotatable bonds is 4. The largest absolute Gasteiger partial charge is 0.324 e. The Bertz CT molecular complexity index is 1280. The van der Waals surface area contributed by atoms with Gasteiger partial charge in [0.25, 0.3) is 5.56 Å². The normalized spacial score (nSPS) is 11.0. The minimum atomic E-state index is -0.342. The molecule has 0 bridgehead atoms. The fourth-order valence-electron chi connectivity index (χ4n) is 3.12. The van der Waals surface area contributed by atoms with Crippen molar-refractivity contribution < 1.29 is 9.18 Å². The smallest absolute Gasteiger partial charge is 0.263 e. The van der Waals surface area contributed by atoms with Gasteiger partial charge in [0.2, 0.25) is 5.91 Å². The third-order valence-electron chi connectivity index (χ3n) is 4.45. The van der Waals surface area contributed by atoms with E-state index < -0.39 is 0 Å². The predicted molar refractivity (Wildman–Crippen MR) is 117 cm³/mol. The van der Waals surface area contributed by atoms with E-state index in [2.05, 4.69) is 26.2 Å². The standard InChI is InChI=1S/C21H15BrFN3O2S/c1-12-18(13-6-8-14(23)9-7-13)19-20(29-12)24-11-26(21(19)28)10-17(27)25-16-5-3-2-4-15(16)22/h2-9,11H,10H2,1H3,(H,25,27). The van der Waals surface area contributed by atoms with Gasteiger partial charge in [-0.15, -0.1) is 11.3 Å². The van der Waals surface area contributed by atoms with Crippen molar-refractivity contribution in [2.45, 2.75) is 13.5 Å². The minimum Gasteiger partial charge on any atom is -0.324 e. The quantitative estimate of drug-likeness (QED) is 0.456. The second-order valence-electron chi connectivity index (χ2n) is 6.43. The van der Waals surface area contributed by atoms with Gasteiger partial charge in [-0.25, -0.2) is 9.37 Å². The molecule has 0 spiro atoms. The van der Waals surface area contributed by atoms with Crippen molar-refractivity contribution in [3.63, 3.8) is 0 Å². The number of halogens is 2. The van der Waals surface area contributed by atoms with Crippen LogP contribution in [0.5, 0.6) is 0 Å². The summed E-state index contributed by atoms with van der Waals surface area (Å²) in [5.74, 6) is -0.680. The van der Waals surface area contributed by atoms with E-state index in [4.69, 9.17) is 0 Å². The van der Waals surface area contributed by atoms with Gasteiger partial charge in [0, 0.05) is 14.9 Å². The lowest BCUT2D eigenvalue weighted by Crippen LogP contribution is -2.27. The summed E-state index contributed by atoms with van der Waals surface area (Å²) in [4.78, 5) is 31.4. The van der Waals surface area contributed by atoms with E-state index in [1.807, 2.05) is 25.1 Å². The molecule has 8 heteroatoms. The molecule has 2 aromatic carbocycles. The average Bonchev–Trinajstić information content (AvgIpc) is 3.03. The number of aromatic nitrogens is 2. The highest BCUT2D eigenvalue weighted by Gasteiger charge is 2.18. The number of nitrogens with one attached hydrogen (secondary N) is 1. The van der Waals surface area contributed by atoms with Gasteiger partial charge in [-0.2, -0.15) is 0 Å². The number of thiophene rings is 1.